The molecule has 0 aliphatic heterocycles. The molecule has 0 aromatic heterocycles. The summed E-state index contributed by atoms with van der Waals surface area (Å²) >= 11 is 0. The van der Waals surface area contributed by atoms with Gasteiger partial charge in [0.1, 0.15) is 5.60 Å². The zero-order valence-electron chi connectivity index (χ0n) is 10.2. The van der Waals surface area contributed by atoms with Gasteiger partial charge in [-0.15, -0.1) is 0 Å². The van der Waals surface area contributed by atoms with Crippen LogP contribution in [0.3, 0.4) is 0 Å². The number of ether oxygens (including phenoxy) is 1. The van der Waals surface area contributed by atoms with E-state index in [4.69, 9.17) is 4.74 Å². The molecule has 0 aromatic carbocycles. The number of hydrogen-bond donors (Lipinski definition) is 1. The van der Waals surface area contributed by atoms with E-state index in [9.17, 15) is 4.79 Å². The third kappa shape index (κ3) is 7.90. The first-order chi connectivity index (χ1) is 6.20. The van der Waals surface area contributed by atoms with E-state index in [1.165, 1.54) is 0 Å². The normalized spacial score (nSPS) is 13.9. The maximum absolute atomic E-state index is 11.3. The molecule has 3 heteroatoms. The van der Waals surface area contributed by atoms with Crippen molar-refractivity contribution in [2.45, 2.75) is 59.6 Å². The second-order valence-corrected chi connectivity index (χ2v) is 5.18. The van der Waals surface area contributed by atoms with Crippen molar-refractivity contribution in [2.24, 2.45) is 5.92 Å². The maximum atomic E-state index is 11.3. The minimum Gasteiger partial charge on any atom is -0.444 e. The molecule has 84 valence electrons. The molecule has 0 saturated carbocycles. The first-order valence-corrected chi connectivity index (χ1v) is 5.20. The predicted octanol–water partition coefficient (Wildman–Crippen LogP) is 2.95. The number of amides is 1. The van der Waals surface area contributed by atoms with Gasteiger partial charge in [-0.1, -0.05) is 13.8 Å². The molecule has 1 amide bonds. The Bertz CT molecular complexity index is 182. The molecule has 3 nitrogen and oxygen atoms in total. The molecule has 0 radical (unpaired) electrons. The van der Waals surface area contributed by atoms with Gasteiger partial charge in [0.2, 0.25) is 0 Å². The minimum atomic E-state index is -0.415. The van der Waals surface area contributed by atoms with Gasteiger partial charge in [-0.05, 0) is 40.0 Å². The fourth-order valence-corrected chi connectivity index (χ4v) is 1.27. The summed E-state index contributed by atoms with van der Waals surface area (Å²) in [5.41, 5.74) is -0.415. The molecular weight excluding hydrogens is 178 g/mol. The summed E-state index contributed by atoms with van der Waals surface area (Å²) in [6.45, 7) is 11.8. The smallest absolute Gasteiger partial charge is 0.407 e. The van der Waals surface area contributed by atoms with Crippen LogP contribution in [-0.2, 0) is 4.74 Å². The van der Waals surface area contributed by atoms with Crippen LogP contribution >= 0.6 is 0 Å². The Kier molecular flexibility index (Phi) is 4.95. The van der Waals surface area contributed by atoms with Crippen LogP contribution in [0.15, 0.2) is 0 Å². The first-order valence-electron chi connectivity index (χ1n) is 5.20. The molecule has 0 saturated heterocycles. The van der Waals surface area contributed by atoms with Gasteiger partial charge in [0, 0.05) is 6.04 Å². The molecule has 0 aliphatic carbocycles. The van der Waals surface area contributed by atoms with Gasteiger partial charge >= 0.3 is 6.09 Å². The van der Waals surface area contributed by atoms with Gasteiger partial charge in [-0.3, -0.25) is 0 Å². The summed E-state index contributed by atoms with van der Waals surface area (Å²) in [6, 6.07) is 0.171. The van der Waals surface area contributed by atoms with Crippen molar-refractivity contribution in [3.8, 4) is 0 Å². The van der Waals surface area contributed by atoms with Gasteiger partial charge < -0.3 is 10.1 Å². The number of nitrogens with one attached hydrogen (secondary N) is 1. The highest BCUT2D eigenvalue weighted by atomic mass is 16.6. The van der Waals surface area contributed by atoms with Crippen molar-refractivity contribution in [1.29, 1.82) is 0 Å². The summed E-state index contributed by atoms with van der Waals surface area (Å²) in [5, 5.41) is 2.81. The van der Waals surface area contributed by atoms with E-state index in [0.717, 1.165) is 6.42 Å². The lowest BCUT2D eigenvalue weighted by Crippen LogP contribution is -2.38. The Hall–Kier alpha value is -0.730. The number of carbonyl (C=O) groups is 1. The third-order valence-corrected chi connectivity index (χ3v) is 1.59. The lowest BCUT2D eigenvalue weighted by atomic mass is 10.1. The Morgan fingerprint density at radius 2 is 1.79 bits per heavy atom. The molecule has 0 aliphatic rings. The molecule has 1 N–H and O–H groups in total. The number of rotatable bonds is 3. The summed E-state index contributed by atoms with van der Waals surface area (Å²) in [4.78, 5) is 11.3. The van der Waals surface area contributed by atoms with Crippen molar-refractivity contribution in [3.63, 3.8) is 0 Å². The zero-order valence-corrected chi connectivity index (χ0v) is 10.2. The number of carbonyl (C=O) groups excluding carboxylic acids is 1. The fraction of sp³-hybridized carbons (Fsp3) is 0.909. The van der Waals surface area contributed by atoms with Crippen LogP contribution in [0.1, 0.15) is 48.0 Å². The van der Waals surface area contributed by atoms with Crippen molar-refractivity contribution in [1.82, 2.24) is 5.32 Å². The average molecular weight is 201 g/mol. The SMILES string of the molecule is CC(C)C[C@@H](C)NC(=O)OC(C)(C)C. The van der Waals surface area contributed by atoms with Crippen molar-refractivity contribution < 1.29 is 9.53 Å². The van der Waals surface area contributed by atoms with Crippen LogP contribution in [0.2, 0.25) is 0 Å². The van der Waals surface area contributed by atoms with Gasteiger partial charge in [-0.2, -0.15) is 0 Å². The van der Waals surface area contributed by atoms with Gasteiger partial charge in [-0.25, -0.2) is 4.79 Å². The van der Waals surface area contributed by atoms with E-state index >= 15 is 0 Å². The van der Waals surface area contributed by atoms with Crippen LogP contribution in [0.4, 0.5) is 4.79 Å². The second kappa shape index (κ2) is 5.23. The summed E-state index contributed by atoms with van der Waals surface area (Å²) in [7, 11) is 0. The van der Waals surface area contributed by atoms with Gasteiger partial charge in [0.05, 0.1) is 0 Å². The van der Waals surface area contributed by atoms with Crippen molar-refractivity contribution in [2.75, 3.05) is 0 Å². The molecule has 1 atom stereocenters. The summed E-state index contributed by atoms with van der Waals surface area (Å²) in [6.07, 6.45) is 0.643. The average Bonchev–Trinajstić information content (AvgIpc) is 1.77. The van der Waals surface area contributed by atoms with Crippen molar-refractivity contribution >= 4 is 6.09 Å². The first kappa shape index (κ1) is 13.3. The summed E-state index contributed by atoms with van der Waals surface area (Å²) < 4.78 is 5.14. The van der Waals surface area contributed by atoms with E-state index in [0.29, 0.717) is 5.92 Å². The van der Waals surface area contributed by atoms with E-state index in [1.54, 1.807) is 0 Å². The molecule has 0 rings (SSSR count). The van der Waals surface area contributed by atoms with Gasteiger partial charge in [0.25, 0.3) is 0 Å². The topological polar surface area (TPSA) is 38.3 Å². The van der Waals surface area contributed by atoms with Crippen LogP contribution in [-0.4, -0.2) is 17.7 Å². The zero-order chi connectivity index (χ0) is 11.4. The highest BCUT2D eigenvalue weighted by Gasteiger charge is 2.17. The quantitative estimate of drug-likeness (QED) is 0.762. The molecular formula is C11H23NO2. The lowest BCUT2D eigenvalue weighted by molar-refractivity contribution is 0.0503. The molecule has 0 fully saturated rings. The van der Waals surface area contributed by atoms with Crippen LogP contribution < -0.4 is 5.32 Å². The van der Waals surface area contributed by atoms with E-state index in [2.05, 4.69) is 19.2 Å². The fourth-order valence-electron chi connectivity index (χ4n) is 1.27. The largest absolute Gasteiger partial charge is 0.444 e. The van der Waals surface area contributed by atoms with E-state index in [1.807, 2.05) is 27.7 Å². The second-order valence-electron chi connectivity index (χ2n) is 5.18. The Labute approximate surface area is 87.2 Å². The highest BCUT2D eigenvalue weighted by Crippen LogP contribution is 2.08. The van der Waals surface area contributed by atoms with Crippen LogP contribution in [0.5, 0.6) is 0 Å². The third-order valence-electron chi connectivity index (χ3n) is 1.59. The maximum Gasteiger partial charge on any atom is 0.407 e. The standard InChI is InChI=1S/C11H23NO2/c1-8(2)7-9(3)12-10(13)14-11(4,5)6/h8-9H,7H2,1-6H3,(H,12,13)/t9-/m1/s1. The number of alkyl carbamates (subject to hydrolysis) is 1. The van der Waals surface area contributed by atoms with Crippen molar-refractivity contribution in [3.05, 3.63) is 0 Å². The highest BCUT2D eigenvalue weighted by molar-refractivity contribution is 5.67. The molecule has 14 heavy (non-hydrogen) atoms. The number of hydrogen-bond acceptors (Lipinski definition) is 2. The molecule has 0 bridgehead atoms. The lowest BCUT2D eigenvalue weighted by Gasteiger charge is -2.22. The Morgan fingerprint density at radius 1 is 1.29 bits per heavy atom. The van der Waals surface area contributed by atoms with Crippen LogP contribution in [0.25, 0.3) is 0 Å². The Balaban J connectivity index is 3.83. The van der Waals surface area contributed by atoms with E-state index in [-0.39, 0.29) is 12.1 Å². The molecule has 0 spiro atoms. The minimum absolute atomic E-state index is 0.171. The molecule has 0 aromatic rings. The molecule has 0 heterocycles. The molecule has 0 unspecified atom stereocenters. The van der Waals surface area contributed by atoms with Crippen LogP contribution in [0, 0.1) is 5.92 Å². The predicted molar refractivity (Wildman–Crippen MR) is 58.3 cm³/mol. The van der Waals surface area contributed by atoms with E-state index < -0.39 is 5.60 Å². The monoisotopic (exact) mass is 201 g/mol. The van der Waals surface area contributed by atoms with Gasteiger partial charge in [0.15, 0.2) is 0 Å². The summed E-state index contributed by atoms with van der Waals surface area (Å²) in [5.74, 6) is 0.583. The Morgan fingerprint density at radius 3 is 2.14 bits per heavy atom.